The number of benzene rings is 2. The summed E-state index contributed by atoms with van der Waals surface area (Å²) >= 11 is 0. The van der Waals surface area contributed by atoms with Crippen molar-refractivity contribution >= 4 is 34.3 Å². The van der Waals surface area contributed by atoms with Crippen LogP contribution in [0.2, 0.25) is 0 Å². The minimum Gasteiger partial charge on any atom is -0.497 e. The lowest BCUT2D eigenvalue weighted by atomic mass is 10.1. The molecule has 0 aliphatic rings. The predicted octanol–water partition coefficient (Wildman–Crippen LogP) is 4.63. The molecule has 0 aliphatic carbocycles. The molecule has 0 atom stereocenters. The number of aryl methyl sites for hydroxylation is 2. The fraction of sp³-hybridized carbons (Fsp3) is 0.115. The third-order valence-corrected chi connectivity index (χ3v) is 5.84. The highest BCUT2D eigenvalue weighted by Gasteiger charge is 2.20. The van der Waals surface area contributed by atoms with Gasteiger partial charge in [0.2, 0.25) is 11.8 Å². The van der Waals surface area contributed by atoms with Crippen LogP contribution in [0.3, 0.4) is 0 Å². The second-order valence-corrected chi connectivity index (χ2v) is 8.23. The summed E-state index contributed by atoms with van der Waals surface area (Å²) in [5.41, 5.74) is 3.59. The topological polar surface area (TPSA) is 124 Å². The number of aromatic nitrogens is 6. The molecule has 0 aliphatic heterocycles. The molecule has 4 heterocycles. The number of urea groups is 1. The summed E-state index contributed by atoms with van der Waals surface area (Å²) < 4.78 is 14.0. The molecule has 0 spiro atoms. The lowest BCUT2D eigenvalue weighted by Gasteiger charge is -2.10. The molecule has 0 saturated heterocycles. The molecule has 2 amide bonds. The number of furan rings is 1. The zero-order chi connectivity index (χ0) is 25.2. The fourth-order valence-electron chi connectivity index (χ4n) is 4.04. The number of ether oxygens (including phenoxy) is 1. The Morgan fingerprint density at radius 1 is 1.00 bits per heavy atom. The zero-order valence-electron chi connectivity index (χ0n) is 19.8. The van der Waals surface area contributed by atoms with E-state index in [4.69, 9.17) is 14.1 Å². The number of nitrogens with zero attached hydrogens (tertiary/aromatic N) is 6. The van der Waals surface area contributed by atoms with E-state index in [2.05, 4.69) is 37.9 Å². The highest BCUT2D eigenvalue weighted by Crippen LogP contribution is 2.25. The number of fused-ring (bicyclic) bond motifs is 3. The van der Waals surface area contributed by atoms with Gasteiger partial charge in [-0.1, -0.05) is 30.3 Å². The number of nitrogens with one attached hydrogen (secondary N) is 2. The van der Waals surface area contributed by atoms with Crippen molar-refractivity contribution in [1.29, 1.82) is 0 Å². The van der Waals surface area contributed by atoms with Crippen LogP contribution in [0, 0.1) is 0 Å². The summed E-state index contributed by atoms with van der Waals surface area (Å²) in [7, 11) is 1.58. The molecule has 37 heavy (non-hydrogen) atoms. The molecule has 0 fully saturated rings. The molecular formula is C26H22N8O3. The van der Waals surface area contributed by atoms with Gasteiger partial charge in [-0.15, -0.1) is 5.10 Å². The van der Waals surface area contributed by atoms with E-state index in [-0.39, 0.29) is 5.95 Å². The average molecular weight is 495 g/mol. The standard InChI is InChI=1S/C26H22N8O3/c1-36-19-11-9-18(10-12-19)28-26(35)31-25-29-20-16-27-33(14-13-17-6-3-2-4-7-17)22(20)24-30-23(32-34(24)25)21-8-5-15-37-21/h2-12,15-16H,13-14H2,1H3,(H2,28,29,31,35). The summed E-state index contributed by atoms with van der Waals surface area (Å²) in [5, 5.41) is 14.7. The van der Waals surface area contributed by atoms with Crippen LogP contribution < -0.4 is 15.4 Å². The lowest BCUT2D eigenvalue weighted by molar-refractivity contribution is 0.262. The van der Waals surface area contributed by atoms with Crippen molar-refractivity contribution in [2.24, 2.45) is 0 Å². The van der Waals surface area contributed by atoms with Crippen LogP contribution in [-0.4, -0.2) is 42.5 Å². The van der Waals surface area contributed by atoms with Gasteiger partial charge in [-0.3, -0.25) is 10.00 Å². The molecule has 0 saturated carbocycles. The Hall–Kier alpha value is -5.19. The third kappa shape index (κ3) is 4.45. The molecule has 184 valence electrons. The second kappa shape index (κ2) is 9.46. The van der Waals surface area contributed by atoms with Gasteiger partial charge in [-0.2, -0.15) is 9.61 Å². The maximum absolute atomic E-state index is 12.8. The van der Waals surface area contributed by atoms with Crippen LogP contribution in [0.25, 0.3) is 28.3 Å². The number of hydrogen-bond donors (Lipinski definition) is 2. The molecule has 0 radical (unpaired) electrons. The van der Waals surface area contributed by atoms with Gasteiger partial charge in [0.15, 0.2) is 11.4 Å². The van der Waals surface area contributed by atoms with Gasteiger partial charge in [0.25, 0.3) is 0 Å². The monoisotopic (exact) mass is 494 g/mol. The van der Waals surface area contributed by atoms with Crippen molar-refractivity contribution in [1.82, 2.24) is 29.4 Å². The first-order valence-corrected chi connectivity index (χ1v) is 11.6. The molecule has 11 nitrogen and oxygen atoms in total. The minimum atomic E-state index is -0.482. The quantitative estimate of drug-likeness (QED) is 0.332. The van der Waals surface area contributed by atoms with Crippen molar-refractivity contribution in [2.45, 2.75) is 13.0 Å². The van der Waals surface area contributed by atoms with Crippen molar-refractivity contribution < 1.29 is 13.9 Å². The van der Waals surface area contributed by atoms with E-state index in [0.29, 0.717) is 46.2 Å². The SMILES string of the molecule is COc1ccc(NC(=O)Nc2nc3cnn(CCc4ccccc4)c3c3nc(-c4ccco4)nn23)cc1. The predicted molar refractivity (Wildman–Crippen MR) is 138 cm³/mol. The first-order chi connectivity index (χ1) is 18.2. The van der Waals surface area contributed by atoms with E-state index in [0.717, 1.165) is 6.42 Å². The van der Waals surface area contributed by atoms with Crippen LogP contribution in [0.5, 0.6) is 5.75 Å². The fourth-order valence-corrected chi connectivity index (χ4v) is 4.04. The Balaban J connectivity index is 1.36. The van der Waals surface area contributed by atoms with Gasteiger partial charge < -0.3 is 14.5 Å². The first kappa shape index (κ1) is 22.3. The number of hydrogen-bond acceptors (Lipinski definition) is 7. The summed E-state index contributed by atoms with van der Waals surface area (Å²) in [6.45, 7) is 0.624. The number of carbonyl (C=O) groups is 1. The Morgan fingerprint density at radius 3 is 2.59 bits per heavy atom. The number of carbonyl (C=O) groups excluding carboxylic acids is 1. The van der Waals surface area contributed by atoms with Gasteiger partial charge in [-0.05, 0) is 48.4 Å². The summed E-state index contributed by atoms with van der Waals surface area (Å²) in [5.74, 6) is 1.76. The van der Waals surface area contributed by atoms with Gasteiger partial charge >= 0.3 is 6.03 Å². The smallest absolute Gasteiger partial charge is 0.326 e. The molecule has 2 N–H and O–H groups in total. The Morgan fingerprint density at radius 2 is 1.84 bits per heavy atom. The molecule has 0 bridgehead atoms. The van der Waals surface area contributed by atoms with Crippen LogP contribution in [-0.2, 0) is 13.0 Å². The third-order valence-electron chi connectivity index (χ3n) is 5.84. The lowest BCUT2D eigenvalue weighted by Crippen LogP contribution is -2.22. The molecule has 6 aromatic rings. The number of amides is 2. The normalized spacial score (nSPS) is 11.2. The minimum absolute atomic E-state index is 0.196. The Labute approximate surface area is 210 Å². The van der Waals surface area contributed by atoms with Crippen molar-refractivity contribution in [3.8, 4) is 17.3 Å². The van der Waals surface area contributed by atoms with Crippen LogP contribution >= 0.6 is 0 Å². The van der Waals surface area contributed by atoms with Crippen molar-refractivity contribution in [3.63, 3.8) is 0 Å². The van der Waals surface area contributed by atoms with Gasteiger partial charge in [-0.25, -0.2) is 14.8 Å². The largest absolute Gasteiger partial charge is 0.497 e. The van der Waals surface area contributed by atoms with Crippen LogP contribution in [0.15, 0.2) is 83.6 Å². The number of rotatable bonds is 7. The van der Waals surface area contributed by atoms with E-state index in [1.54, 1.807) is 56.0 Å². The van der Waals surface area contributed by atoms with E-state index in [9.17, 15) is 4.79 Å². The van der Waals surface area contributed by atoms with Crippen molar-refractivity contribution in [2.75, 3.05) is 17.7 Å². The van der Waals surface area contributed by atoms with E-state index >= 15 is 0 Å². The van der Waals surface area contributed by atoms with E-state index in [1.807, 2.05) is 22.9 Å². The average Bonchev–Trinajstić information content (AvgIpc) is 3.68. The number of methoxy groups -OCH3 is 1. The van der Waals surface area contributed by atoms with Gasteiger partial charge in [0.1, 0.15) is 16.8 Å². The van der Waals surface area contributed by atoms with E-state index < -0.39 is 6.03 Å². The Bertz CT molecular complexity index is 1670. The molecule has 11 heteroatoms. The number of anilines is 2. The maximum Gasteiger partial charge on any atom is 0.326 e. The Kier molecular flexibility index (Phi) is 5.70. The van der Waals surface area contributed by atoms with Crippen LogP contribution in [0.1, 0.15) is 5.56 Å². The summed E-state index contributed by atoms with van der Waals surface area (Å²) in [6.07, 6.45) is 4.00. The van der Waals surface area contributed by atoms with Gasteiger partial charge in [0.05, 0.1) is 19.6 Å². The molecule has 6 rings (SSSR count). The molecule has 2 aromatic carbocycles. The van der Waals surface area contributed by atoms with Crippen molar-refractivity contribution in [3.05, 3.63) is 84.8 Å². The molecule has 0 unspecified atom stereocenters. The molecular weight excluding hydrogens is 472 g/mol. The maximum atomic E-state index is 12.8. The highest BCUT2D eigenvalue weighted by molar-refractivity contribution is 6.00. The van der Waals surface area contributed by atoms with Gasteiger partial charge in [0, 0.05) is 12.2 Å². The summed E-state index contributed by atoms with van der Waals surface area (Å²) in [6, 6.07) is 20.2. The zero-order valence-corrected chi connectivity index (χ0v) is 19.8. The highest BCUT2D eigenvalue weighted by atomic mass is 16.5. The first-order valence-electron chi connectivity index (χ1n) is 11.6. The summed E-state index contributed by atoms with van der Waals surface area (Å²) in [4.78, 5) is 22.2. The van der Waals surface area contributed by atoms with E-state index in [1.165, 1.54) is 10.1 Å². The molecule has 4 aromatic heterocycles. The second-order valence-electron chi connectivity index (χ2n) is 8.23. The van der Waals surface area contributed by atoms with Crippen LogP contribution in [0.4, 0.5) is 16.4 Å².